The van der Waals surface area contributed by atoms with Crippen molar-refractivity contribution in [3.8, 4) is 6.07 Å². The van der Waals surface area contributed by atoms with E-state index in [1.807, 2.05) is 30.0 Å². The van der Waals surface area contributed by atoms with Gasteiger partial charge in [0.15, 0.2) is 0 Å². The fraction of sp³-hybridized carbons (Fsp3) is 0.474. The first-order chi connectivity index (χ1) is 12.5. The zero-order valence-corrected chi connectivity index (χ0v) is 15.0. The highest BCUT2D eigenvalue weighted by atomic mass is 16.4. The smallest absolute Gasteiger partial charge is 0.306 e. The van der Waals surface area contributed by atoms with E-state index in [0.29, 0.717) is 39.0 Å². The lowest BCUT2D eigenvalue weighted by atomic mass is 9.97. The number of hydrogen-bond acceptors (Lipinski definition) is 5. The van der Waals surface area contributed by atoms with Crippen LogP contribution in [0.4, 0.5) is 0 Å². The molecule has 138 valence electrons. The van der Waals surface area contributed by atoms with Crippen LogP contribution in [0.2, 0.25) is 0 Å². The number of hydrogen-bond donors (Lipinski definition) is 1. The minimum absolute atomic E-state index is 0.0929. The molecular formula is C19H24N4O3. The molecule has 1 aromatic heterocycles. The summed E-state index contributed by atoms with van der Waals surface area (Å²) in [6.45, 7) is 4.10. The van der Waals surface area contributed by atoms with Crippen LogP contribution in [0.15, 0.2) is 36.3 Å². The van der Waals surface area contributed by atoms with Crippen molar-refractivity contribution in [3.63, 3.8) is 0 Å². The Kier molecular flexibility index (Phi) is 7.15. The summed E-state index contributed by atoms with van der Waals surface area (Å²) in [7, 11) is 0. The molecule has 0 atom stereocenters. The van der Waals surface area contributed by atoms with Gasteiger partial charge in [-0.3, -0.25) is 14.6 Å². The van der Waals surface area contributed by atoms with Crippen LogP contribution in [0.5, 0.6) is 0 Å². The summed E-state index contributed by atoms with van der Waals surface area (Å²) in [5, 5.41) is 18.4. The predicted octanol–water partition coefficient (Wildman–Crippen LogP) is 1.68. The van der Waals surface area contributed by atoms with Crippen molar-refractivity contribution >= 4 is 11.9 Å². The molecule has 7 nitrogen and oxygen atoms in total. The first-order valence-corrected chi connectivity index (χ1v) is 8.82. The van der Waals surface area contributed by atoms with E-state index in [9.17, 15) is 14.9 Å². The second-order valence-electron chi connectivity index (χ2n) is 6.29. The molecule has 2 heterocycles. The number of likely N-dealkylation sites (tertiary alicyclic amines) is 1. The molecule has 0 unspecified atom stereocenters. The molecule has 1 aliphatic heterocycles. The number of carboxylic acids is 1. The zero-order valence-electron chi connectivity index (χ0n) is 15.0. The maximum atomic E-state index is 12.6. The van der Waals surface area contributed by atoms with Gasteiger partial charge in [0.1, 0.15) is 11.6 Å². The van der Waals surface area contributed by atoms with Crippen LogP contribution in [0.3, 0.4) is 0 Å². The number of carboxylic acid groups (broad SMARTS) is 1. The van der Waals surface area contributed by atoms with Crippen LogP contribution in [0.1, 0.15) is 25.3 Å². The Labute approximate surface area is 153 Å². The average molecular weight is 356 g/mol. The van der Waals surface area contributed by atoms with Gasteiger partial charge < -0.3 is 14.9 Å². The number of likely N-dealkylation sites (N-methyl/N-ethyl adjacent to an activating group) is 1. The van der Waals surface area contributed by atoms with Gasteiger partial charge in [-0.05, 0) is 43.9 Å². The molecule has 0 saturated carbocycles. The van der Waals surface area contributed by atoms with Gasteiger partial charge >= 0.3 is 5.97 Å². The molecule has 0 radical (unpaired) electrons. The van der Waals surface area contributed by atoms with E-state index in [1.165, 1.54) is 0 Å². The van der Waals surface area contributed by atoms with E-state index in [0.717, 1.165) is 12.0 Å². The highest BCUT2D eigenvalue weighted by Gasteiger charge is 2.28. The van der Waals surface area contributed by atoms with Crippen molar-refractivity contribution in [1.29, 1.82) is 5.26 Å². The minimum atomic E-state index is -0.818. The van der Waals surface area contributed by atoms with Gasteiger partial charge in [-0.15, -0.1) is 0 Å². The third-order valence-electron chi connectivity index (χ3n) is 4.64. The van der Waals surface area contributed by atoms with Crippen molar-refractivity contribution in [2.75, 3.05) is 26.2 Å². The van der Waals surface area contributed by atoms with Gasteiger partial charge in [-0.1, -0.05) is 0 Å². The normalized spacial score (nSPS) is 15.4. The van der Waals surface area contributed by atoms with E-state index < -0.39 is 11.9 Å². The van der Waals surface area contributed by atoms with Crippen LogP contribution in [0.25, 0.3) is 0 Å². The SMILES string of the molecule is CCN(/C=C(/C#N)C(=O)N1CCC(C(=O)O)CC1)CCc1ccncc1. The number of rotatable bonds is 7. The average Bonchev–Trinajstić information content (AvgIpc) is 2.68. The van der Waals surface area contributed by atoms with Crippen molar-refractivity contribution in [1.82, 2.24) is 14.8 Å². The van der Waals surface area contributed by atoms with Gasteiger partial charge in [-0.25, -0.2) is 0 Å². The fourth-order valence-corrected chi connectivity index (χ4v) is 2.95. The number of carbonyl (C=O) groups is 2. The quantitative estimate of drug-likeness (QED) is 0.590. The minimum Gasteiger partial charge on any atom is -0.481 e. The van der Waals surface area contributed by atoms with Crippen LogP contribution in [-0.4, -0.2) is 57.9 Å². The number of aliphatic carboxylic acids is 1. The van der Waals surface area contributed by atoms with Crippen molar-refractivity contribution in [3.05, 3.63) is 41.9 Å². The molecule has 1 fully saturated rings. The summed E-state index contributed by atoms with van der Waals surface area (Å²) in [5.74, 6) is -1.54. The summed E-state index contributed by atoms with van der Waals surface area (Å²) >= 11 is 0. The first-order valence-electron chi connectivity index (χ1n) is 8.82. The fourth-order valence-electron chi connectivity index (χ4n) is 2.95. The number of nitrogens with zero attached hydrogens (tertiary/aromatic N) is 4. The molecule has 1 N–H and O–H groups in total. The number of nitriles is 1. The third-order valence-corrected chi connectivity index (χ3v) is 4.64. The summed E-state index contributed by atoms with van der Waals surface area (Å²) in [4.78, 5) is 31.1. The molecule has 0 aromatic carbocycles. The molecule has 1 saturated heterocycles. The lowest BCUT2D eigenvalue weighted by Crippen LogP contribution is -2.41. The molecule has 1 aromatic rings. The molecule has 1 aliphatic rings. The molecule has 2 rings (SSSR count). The van der Waals surface area contributed by atoms with E-state index in [4.69, 9.17) is 5.11 Å². The second kappa shape index (κ2) is 9.56. The van der Waals surface area contributed by atoms with Crippen LogP contribution in [-0.2, 0) is 16.0 Å². The summed E-state index contributed by atoms with van der Waals surface area (Å²) in [6, 6.07) is 5.89. The van der Waals surface area contributed by atoms with Gasteiger partial charge in [-0.2, -0.15) is 5.26 Å². The molecule has 0 spiro atoms. The largest absolute Gasteiger partial charge is 0.481 e. The Hall–Kier alpha value is -2.88. The lowest BCUT2D eigenvalue weighted by molar-refractivity contribution is -0.145. The number of amides is 1. The predicted molar refractivity (Wildman–Crippen MR) is 95.8 cm³/mol. The molecule has 0 bridgehead atoms. The van der Waals surface area contributed by atoms with Crippen molar-refractivity contribution in [2.24, 2.45) is 5.92 Å². The Morgan fingerprint density at radius 1 is 1.38 bits per heavy atom. The summed E-state index contributed by atoms with van der Waals surface area (Å²) in [6.07, 6.45) is 6.76. The summed E-state index contributed by atoms with van der Waals surface area (Å²) < 4.78 is 0. The molecule has 1 amide bonds. The van der Waals surface area contributed by atoms with Gasteiger partial charge in [0.2, 0.25) is 0 Å². The number of piperidine rings is 1. The molecule has 7 heteroatoms. The zero-order chi connectivity index (χ0) is 18.9. The Balaban J connectivity index is 1.97. The van der Waals surface area contributed by atoms with Gasteiger partial charge in [0.05, 0.1) is 5.92 Å². The third kappa shape index (κ3) is 5.31. The molecule has 26 heavy (non-hydrogen) atoms. The number of aromatic nitrogens is 1. The number of pyridine rings is 1. The second-order valence-corrected chi connectivity index (χ2v) is 6.29. The van der Waals surface area contributed by atoms with Gasteiger partial charge in [0.25, 0.3) is 5.91 Å². The molecular weight excluding hydrogens is 332 g/mol. The number of carbonyl (C=O) groups excluding carboxylic acids is 1. The summed E-state index contributed by atoms with van der Waals surface area (Å²) in [5.41, 5.74) is 1.24. The lowest BCUT2D eigenvalue weighted by Gasteiger charge is -2.30. The van der Waals surface area contributed by atoms with Crippen LogP contribution < -0.4 is 0 Å². The van der Waals surface area contributed by atoms with E-state index in [1.54, 1.807) is 23.5 Å². The van der Waals surface area contributed by atoms with Crippen molar-refractivity contribution < 1.29 is 14.7 Å². The van der Waals surface area contributed by atoms with Gasteiger partial charge in [0, 0.05) is 44.8 Å². The Bertz CT molecular complexity index is 688. The maximum absolute atomic E-state index is 12.6. The molecule has 0 aliphatic carbocycles. The highest BCUT2D eigenvalue weighted by Crippen LogP contribution is 2.19. The monoisotopic (exact) mass is 356 g/mol. The standard InChI is InChI=1S/C19H24N4O3/c1-2-22(10-5-15-3-8-21-9-4-15)14-17(13-20)18(24)23-11-6-16(7-12-23)19(25)26/h3-4,8-9,14,16H,2,5-7,10-12H2,1H3,(H,25,26)/b17-14-. The van der Waals surface area contributed by atoms with E-state index in [-0.39, 0.29) is 11.5 Å². The highest BCUT2D eigenvalue weighted by molar-refractivity contribution is 5.97. The maximum Gasteiger partial charge on any atom is 0.306 e. The Morgan fingerprint density at radius 3 is 2.58 bits per heavy atom. The Morgan fingerprint density at radius 2 is 2.04 bits per heavy atom. The first kappa shape index (κ1) is 19.4. The van der Waals surface area contributed by atoms with E-state index >= 15 is 0 Å². The van der Waals surface area contributed by atoms with Crippen LogP contribution in [0, 0.1) is 17.2 Å². The van der Waals surface area contributed by atoms with E-state index in [2.05, 4.69) is 4.98 Å². The van der Waals surface area contributed by atoms with Crippen LogP contribution >= 0.6 is 0 Å². The topological polar surface area (TPSA) is 97.5 Å². The van der Waals surface area contributed by atoms with Crippen molar-refractivity contribution in [2.45, 2.75) is 26.2 Å².